The van der Waals surface area contributed by atoms with Gasteiger partial charge < -0.3 is 14.4 Å². The number of allylic oxidation sites excluding steroid dienone is 1. The van der Waals surface area contributed by atoms with Crippen LogP contribution in [0.4, 0.5) is 18.0 Å². The van der Waals surface area contributed by atoms with Gasteiger partial charge in [0.1, 0.15) is 18.2 Å². The van der Waals surface area contributed by atoms with E-state index in [4.69, 9.17) is 9.47 Å². The third kappa shape index (κ3) is 6.57. The molecule has 1 fully saturated rings. The lowest BCUT2D eigenvalue weighted by Gasteiger charge is -2.33. The van der Waals surface area contributed by atoms with E-state index >= 15 is 0 Å². The van der Waals surface area contributed by atoms with Gasteiger partial charge in [-0.1, -0.05) is 50.6 Å². The molecule has 0 radical (unpaired) electrons. The second kappa shape index (κ2) is 12.0. The molecule has 0 spiro atoms. The van der Waals surface area contributed by atoms with Gasteiger partial charge in [0, 0.05) is 13.0 Å². The molecule has 4 atom stereocenters. The van der Waals surface area contributed by atoms with Gasteiger partial charge in [-0.05, 0) is 41.9 Å². The molecule has 11 heteroatoms. The molecule has 8 nitrogen and oxygen atoms in total. The molecule has 39 heavy (non-hydrogen) atoms. The van der Waals surface area contributed by atoms with Crippen LogP contribution in [-0.2, 0) is 32.2 Å². The Bertz CT molecular complexity index is 1110. The maximum absolute atomic E-state index is 14.0. The maximum Gasteiger partial charge on any atom is 0.410 e. The van der Waals surface area contributed by atoms with Crippen LogP contribution in [0, 0.1) is 5.92 Å². The first kappa shape index (κ1) is 28.9. The Hall–Kier alpha value is -3.08. The zero-order valence-corrected chi connectivity index (χ0v) is 22.5. The van der Waals surface area contributed by atoms with Crippen molar-refractivity contribution < 1.29 is 37.0 Å². The molecular weight excluding hydrogens is 515 g/mol. The zero-order chi connectivity index (χ0) is 28.3. The summed E-state index contributed by atoms with van der Waals surface area (Å²) in [5.74, 6) is -1.84. The molecule has 0 aliphatic carbocycles. The van der Waals surface area contributed by atoms with Crippen LogP contribution in [0.2, 0.25) is 0 Å². The van der Waals surface area contributed by atoms with Gasteiger partial charge in [-0.15, -0.1) is 0 Å². The Morgan fingerprint density at radius 2 is 1.95 bits per heavy atom. The standard InChI is InChI=1S/C28H36F3N3O5/c1-17(2)24-25(35)34-15-20(13-22(34)26(36)38-3)39-27(37)33-14-19-11-8-10-18(21(19)16-33)9-6-4-5-7-12-23(32-24)28(29,30)31/h6,8-11,17,20,22-24,32H,4-5,7,12-16H2,1-3H3/b9-6+/t20-,22+,23-,24+/m1/s1. The van der Waals surface area contributed by atoms with Crippen molar-refractivity contribution in [3.63, 3.8) is 0 Å². The summed E-state index contributed by atoms with van der Waals surface area (Å²) in [6, 6.07) is 1.67. The number of nitrogens with zero attached hydrogens (tertiary/aromatic N) is 2. The van der Waals surface area contributed by atoms with Gasteiger partial charge in [0.05, 0.1) is 26.2 Å². The van der Waals surface area contributed by atoms with E-state index in [1.807, 2.05) is 30.4 Å². The number of nitrogens with one attached hydrogen (secondary N) is 1. The lowest BCUT2D eigenvalue weighted by molar-refractivity contribution is -0.164. The quantitative estimate of drug-likeness (QED) is 0.548. The number of methoxy groups -OCH3 is 1. The van der Waals surface area contributed by atoms with Crippen LogP contribution in [0.1, 0.15) is 62.6 Å². The highest BCUT2D eigenvalue weighted by Gasteiger charge is 2.47. The van der Waals surface area contributed by atoms with Crippen molar-refractivity contribution in [3.05, 3.63) is 41.0 Å². The maximum atomic E-state index is 14.0. The summed E-state index contributed by atoms with van der Waals surface area (Å²) in [4.78, 5) is 42.1. The monoisotopic (exact) mass is 551 g/mol. The minimum Gasteiger partial charge on any atom is -0.467 e. The summed E-state index contributed by atoms with van der Waals surface area (Å²) in [5, 5.41) is 2.55. The van der Waals surface area contributed by atoms with Crippen molar-refractivity contribution in [2.24, 2.45) is 5.92 Å². The van der Waals surface area contributed by atoms with Crippen molar-refractivity contribution >= 4 is 24.0 Å². The molecule has 1 aromatic rings. The molecule has 0 saturated carbocycles. The fraction of sp³-hybridized carbons (Fsp3) is 0.607. The number of halogens is 3. The number of hydrogen-bond donors (Lipinski definition) is 1. The van der Waals surface area contributed by atoms with E-state index in [0.29, 0.717) is 32.4 Å². The molecule has 4 rings (SSSR count). The molecule has 1 aromatic carbocycles. The van der Waals surface area contributed by atoms with Gasteiger partial charge in [0.2, 0.25) is 5.91 Å². The van der Waals surface area contributed by atoms with Gasteiger partial charge in [0.15, 0.2) is 0 Å². The summed E-state index contributed by atoms with van der Waals surface area (Å²) < 4.78 is 52.6. The van der Waals surface area contributed by atoms with Crippen LogP contribution in [-0.4, -0.2) is 71.8 Å². The van der Waals surface area contributed by atoms with E-state index in [2.05, 4.69) is 5.32 Å². The Balaban J connectivity index is 1.64. The highest BCUT2D eigenvalue weighted by molar-refractivity contribution is 5.88. The molecule has 4 bridgehead atoms. The summed E-state index contributed by atoms with van der Waals surface area (Å²) in [7, 11) is 1.18. The highest BCUT2D eigenvalue weighted by atomic mass is 19.4. The van der Waals surface area contributed by atoms with Crippen LogP contribution in [0.25, 0.3) is 6.08 Å². The van der Waals surface area contributed by atoms with Gasteiger partial charge in [0.25, 0.3) is 0 Å². The molecule has 0 unspecified atom stereocenters. The Kier molecular flexibility index (Phi) is 8.88. The molecule has 3 aliphatic heterocycles. The number of fused-ring (bicyclic) bond motifs is 3. The van der Waals surface area contributed by atoms with E-state index in [1.54, 1.807) is 18.7 Å². The number of rotatable bonds is 2. The van der Waals surface area contributed by atoms with Gasteiger partial charge >= 0.3 is 18.2 Å². The average Bonchev–Trinajstić information content (AvgIpc) is 3.50. The van der Waals surface area contributed by atoms with Crippen molar-refractivity contribution in [1.82, 2.24) is 15.1 Å². The molecular formula is C28H36F3N3O5. The Morgan fingerprint density at radius 1 is 1.18 bits per heavy atom. The first-order valence-corrected chi connectivity index (χ1v) is 13.4. The molecule has 0 aromatic heterocycles. The van der Waals surface area contributed by atoms with Crippen molar-refractivity contribution in [2.45, 2.75) is 89.4 Å². The molecule has 3 heterocycles. The molecule has 2 amide bonds. The van der Waals surface area contributed by atoms with Gasteiger partial charge in [-0.3, -0.25) is 15.0 Å². The van der Waals surface area contributed by atoms with Gasteiger partial charge in [-0.25, -0.2) is 9.59 Å². The minimum atomic E-state index is -4.55. The summed E-state index contributed by atoms with van der Waals surface area (Å²) in [5.41, 5.74) is 2.96. The molecule has 1 N–H and O–H groups in total. The van der Waals surface area contributed by atoms with E-state index in [9.17, 15) is 27.6 Å². The smallest absolute Gasteiger partial charge is 0.410 e. The normalized spacial score (nSPS) is 27.6. The number of amides is 2. The van der Waals surface area contributed by atoms with E-state index in [-0.39, 0.29) is 19.4 Å². The minimum absolute atomic E-state index is 0.00639. The number of alkyl halides is 3. The molecule has 3 aliphatic rings. The van der Waals surface area contributed by atoms with E-state index in [1.165, 1.54) is 12.0 Å². The van der Waals surface area contributed by atoms with Crippen LogP contribution in [0.15, 0.2) is 24.3 Å². The topological polar surface area (TPSA) is 88.2 Å². The predicted molar refractivity (Wildman–Crippen MR) is 137 cm³/mol. The largest absolute Gasteiger partial charge is 0.467 e. The lowest BCUT2D eigenvalue weighted by Crippen LogP contribution is -2.57. The number of benzene rings is 1. The number of esters is 1. The Labute approximate surface area is 226 Å². The lowest BCUT2D eigenvalue weighted by atomic mass is 9.99. The highest BCUT2D eigenvalue weighted by Crippen LogP contribution is 2.31. The predicted octanol–water partition coefficient (Wildman–Crippen LogP) is 4.41. The third-order valence-electron chi connectivity index (χ3n) is 7.68. The zero-order valence-electron chi connectivity index (χ0n) is 22.5. The van der Waals surface area contributed by atoms with Crippen molar-refractivity contribution in [3.8, 4) is 0 Å². The first-order chi connectivity index (χ1) is 18.5. The second-order valence-corrected chi connectivity index (χ2v) is 10.8. The third-order valence-corrected chi connectivity index (χ3v) is 7.68. The number of carbonyl (C=O) groups excluding carboxylic acids is 3. The average molecular weight is 552 g/mol. The first-order valence-electron chi connectivity index (χ1n) is 13.4. The SMILES string of the molecule is COC(=O)[C@@H]1C[C@@H]2CN1C(=O)[C@H](C(C)C)N[C@@H](C(F)(F)F)CCCC/C=C/c1cccc3c1CN(C3)C(=O)O2. The second-order valence-electron chi connectivity index (χ2n) is 10.8. The van der Waals surface area contributed by atoms with Crippen molar-refractivity contribution in [2.75, 3.05) is 13.7 Å². The summed E-state index contributed by atoms with van der Waals surface area (Å²) in [6.45, 7) is 3.94. The Morgan fingerprint density at radius 3 is 2.64 bits per heavy atom. The number of hydrogen-bond acceptors (Lipinski definition) is 6. The van der Waals surface area contributed by atoms with Crippen LogP contribution < -0.4 is 5.32 Å². The fourth-order valence-electron chi connectivity index (χ4n) is 5.54. The van der Waals surface area contributed by atoms with Crippen molar-refractivity contribution in [1.29, 1.82) is 0 Å². The van der Waals surface area contributed by atoms with Crippen LogP contribution in [0.3, 0.4) is 0 Å². The number of carbonyl (C=O) groups is 3. The summed E-state index contributed by atoms with van der Waals surface area (Å²) in [6.07, 6.45) is -0.733. The molecule has 1 saturated heterocycles. The van der Waals surface area contributed by atoms with E-state index < -0.39 is 54.3 Å². The van der Waals surface area contributed by atoms with Crippen LogP contribution in [0.5, 0.6) is 0 Å². The molecule has 214 valence electrons. The summed E-state index contributed by atoms with van der Waals surface area (Å²) >= 11 is 0. The van der Waals surface area contributed by atoms with Gasteiger partial charge in [-0.2, -0.15) is 13.2 Å². The van der Waals surface area contributed by atoms with E-state index in [0.717, 1.165) is 16.7 Å². The fourth-order valence-corrected chi connectivity index (χ4v) is 5.54. The number of ether oxygens (including phenoxy) is 2. The van der Waals surface area contributed by atoms with Crippen LogP contribution >= 0.6 is 0 Å².